The second-order valence-corrected chi connectivity index (χ2v) is 6.98. The Labute approximate surface area is 122 Å². The number of nitrogens with zero attached hydrogens (tertiary/aromatic N) is 1. The summed E-state index contributed by atoms with van der Waals surface area (Å²) in [6.45, 7) is 2.88. The van der Waals surface area contributed by atoms with E-state index >= 15 is 0 Å². The maximum atomic E-state index is 12.1. The van der Waals surface area contributed by atoms with Crippen molar-refractivity contribution in [2.45, 2.75) is 24.5 Å². The minimum atomic E-state index is -0.120. The molecule has 2 heterocycles. The largest absolute Gasteiger partial charge is 0.372 e. The van der Waals surface area contributed by atoms with Crippen molar-refractivity contribution < 1.29 is 4.79 Å². The molecule has 0 aliphatic carbocycles. The Morgan fingerprint density at radius 2 is 2.42 bits per heavy atom. The van der Waals surface area contributed by atoms with Gasteiger partial charge in [0, 0.05) is 24.5 Å². The number of pyridine rings is 1. The predicted octanol–water partition coefficient (Wildman–Crippen LogP) is 2.79. The van der Waals surface area contributed by atoms with Gasteiger partial charge in [-0.25, -0.2) is 4.98 Å². The van der Waals surface area contributed by atoms with Crippen LogP contribution in [-0.2, 0) is 0 Å². The average Bonchev–Trinajstić information content (AvgIpc) is 2.83. The third-order valence-corrected chi connectivity index (χ3v) is 5.09. The van der Waals surface area contributed by atoms with Crippen molar-refractivity contribution in [2.24, 2.45) is 0 Å². The van der Waals surface area contributed by atoms with Crippen LogP contribution in [0, 0.1) is 0 Å². The molecule has 1 aromatic heterocycles. The fourth-order valence-electron chi connectivity index (χ4n) is 2.09. The number of amides is 1. The number of rotatable bonds is 4. The first-order valence-corrected chi connectivity index (χ1v) is 7.66. The summed E-state index contributed by atoms with van der Waals surface area (Å²) in [6, 6.07) is 1.64. The molecular weight excluding hydrogens is 282 g/mol. The van der Waals surface area contributed by atoms with Crippen LogP contribution in [0.25, 0.3) is 0 Å². The molecule has 1 aliphatic heterocycles. The van der Waals surface area contributed by atoms with Gasteiger partial charge < -0.3 is 10.6 Å². The Balaban J connectivity index is 1.98. The van der Waals surface area contributed by atoms with Crippen LogP contribution >= 0.6 is 23.4 Å². The third kappa shape index (κ3) is 3.54. The van der Waals surface area contributed by atoms with Crippen LogP contribution in [-0.4, -0.2) is 35.0 Å². The number of hydrogen-bond donors (Lipinski definition) is 2. The summed E-state index contributed by atoms with van der Waals surface area (Å²) in [5.74, 6) is 1.64. The summed E-state index contributed by atoms with van der Waals surface area (Å²) >= 11 is 7.94. The summed E-state index contributed by atoms with van der Waals surface area (Å²) in [4.78, 5) is 16.2. The highest BCUT2D eigenvalue weighted by atomic mass is 35.5. The number of carbonyl (C=O) groups is 1. The fourth-order valence-corrected chi connectivity index (χ4v) is 3.60. The molecule has 1 amide bonds. The second-order valence-electron chi connectivity index (χ2n) is 4.89. The molecular formula is C13H18ClN3OS. The molecule has 19 heavy (non-hydrogen) atoms. The van der Waals surface area contributed by atoms with Crippen molar-refractivity contribution in [1.29, 1.82) is 0 Å². The lowest BCUT2D eigenvalue weighted by Crippen LogP contribution is -2.36. The van der Waals surface area contributed by atoms with Crippen LogP contribution in [0.3, 0.4) is 0 Å². The predicted molar refractivity (Wildman–Crippen MR) is 81.2 cm³/mol. The number of aromatic nitrogens is 1. The van der Waals surface area contributed by atoms with E-state index in [2.05, 4.69) is 22.5 Å². The summed E-state index contributed by atoms with van der Waals surface area (Å²) in [7, 11) is 1.74. The minimum Gasteiger partial charge on any atom is -0.372 e. The number of anilines is 1. The number of nitrogens with one attached hydrogen (secondary N) is 2. The summed E-state index contributed by atoms with van der Waals surface area (Å²) in [5.41, 5.74) is 0.496. The zero-order chi connectivity index (χ0) is 13.9. The standard InChI is InChI=1S/C13H18ClN3OS/c1-13(4-3-5-19-13)8-17-12(18)9-6-10(14)11(15-2)16-7-9/h6-7H,3-5,8H2,1-2H3,(H,15,16)(H,17,18). The Hall–Kier alpha value is -0.940. The van der Waals surface area contributed by atoms with E-state index in [9.17, 15) is 4.79 Å². The van der Waals surface area contributed by atoms with E-state index in [1.807, 2.05) is 11.8 Å². The van der Waals surface area contributed by atoms with Gasteiger partial charge >= 0.3 is 0 Å². The van der Waals surface area contributed by atoms with Gasteiger partial charge in [0.05, 0.1) is 10.6 Å². The topological polar surface area (TPSA) is 54.0 Å². The Morgan fingerprint density at radius 1 is 1.63 bits per heavy atom. The summed E-state index contributed by atoms with van der Waals surface area (Å²) in [6.07, 6.45) is 3.91. The molecule has 1 saturated heterocycles. The zero-order valence-corrected chi connectivity index (χ0v) is 12.7. The number of carbonyl (C=O) groups excluding carboxylic acids is 1. The second kappa shape index (κ2) is 6.01. The molecule has 0 spiro atoms. The quantitative estimate of drug-likeness (QED) is 0.897. The molecule has 0 radical (unpaired) electrons. The van der Waals surface area contributed by atoms with E-state index in [0.717, 1.165) is 6.42 Å². The van der Waals surface area contributed by atoms with E-state index in [1.165, 1.54) is 18.4 Å². The normalized spacial score (nSPS) is 22.3. The monoisotopic (exact) mass is 299 g/mol. The first-order valence-electron chi connectivity index (χ1n) is 6.29. The molecule has 2 N–H and O–H groups in total. The first-order chi connectivity index (χ1) is 9.04. The van der Waals surface area contributed by atoms with Crippen LogP contribution in [0.1, 0.15) is 30.1 Å². The van der Waals surface area contributed by atoms with E-state index in [4.69, 9.17) is 11.6 Å². The van der Waals surface area contributed by atoms with Gasteiger partial charge in [0.25, 0.3) is 5.91 Å². The highest BCUT2D eigenvalue weighted by molar-refractivity contribution is 8.00. The van der Waals surface area contributed by atoms with E-state index in [1.54, 1.807) is 13.1 Å². The van der Waals surface area contributed by atoms with Gasteiger partial charge in [0.15, 0.2) is 0 Å². The van der Waals surface area contributed by atoms with Crippen LogP contribution in [0.4, 0.5) is 5.82 Å². The Morgan fingerprint density at radius 3 is 3.00 bits per heavy atom. The van der Waals surface area contributed by atoms with Crippen molar-refractivity contribution in [3.63, 3.8) is 0 Å². The Bertz CT molecular complexity index is 475. The maximum absolute atomic E-state index is 12.1. The molecule has 0 bridgehead atoms. The molecule has 6 heteroatoms. The van der Waals surface area contributed by atoms with Gasteiger partial charge in [-0.05, 0) is 31.6 Å². The minimum absolute atomic E-state index is 0.120. The fraction of sp³-hybridized carbons (Fsp3) is 0.538. The molecule has 1 aromatic rings. The summed E-state index contributed by atoms with van der Waals surface area (Å²) < 4.78 is 0.164. The lowest BCUT2D eigenvalue weighted by molar-refractivity contribution is 0.0949. The van der Waals surface area contributed by atoms with Crippen LogP contribution < -0.4 is 10.6 Å². The Kier molecular flexibility index (Phi) is 4.58. The molecule has 0 saturated carbocycles. The zero-order valence-electron chi connectivity index (χ0n) is 11.1. The van der Waals surface area contributed by atoms with Crippen LogP contribution in [0.15, 0.2) is 12.3 Å². The van der Waals surface area contributed by atoms with Crippen molar-refractivity contribution in [2.75, 3.05) is 24.7 Å². The lowest BCUT2D eigenvalue weighted by atomic mass is 10.1. The highest BCUT2D eigenvalue weighted by Crippen LogP contribution is 2.37. The first kappa shape index (κ1) is 14.5. The molecule has 2 rings (SSSR count). The molecule has 1 unspecified atom stereocenters. The van der Waals surface area contributed by atoms with Gasteiger partial charge in [-0.15, -0.1) is 0 Å². The van der Waals surface area contributed by atoms with E-state index in [0.29, 0.717) is 22.9 Å². The van der Waals surface area contributed by atoms with E-state index < -0.39 is 0 Å². The van der Waals surface area contributed by atoms with Gasteiger partial charge in [-0.3, -0.25) is 4.79 Å². The molecule has 1 fully saturated rings. The van der Waals surface area contributed by atoms with Crippen molar-refractivity contribution in [1.82, 2.24) is 10.3 Å². The van der Waals surface area contributed by atoms with Crippen LogP contribution in [0.2, 0.25) is 5.02 Å². The van der Waals surface area contributed by atoms with Gasteiger partial charge in [0.1, 0.15) is 5.82 Å². The van der Waals surface area contributed by atoms with Crippen LogP contribution in [0.5, 0.6) is 0 Å². The van der Waals surface area contributed by atoms with Gasteiger partial charge in [-0.2, -0.15) is 11.8 Å². The lowest BCUT2D eigenvalue weighted by Gasteiger charge is -2.22. The number of halogens is 1. The number of thioether (sulfide) groups is 1. The molecule has 1 atom stereocenters. The molecule has 104 valence electrons. The molecule has 0 aromatic carbocycles. The average molecular weight is 300 g/mol. The molecule has 4 nitrogen and oxygen atoms in total. The summed E-state index contributed by atoms with van der Waals surface area (Å²) in [5, 5.41) is 6.29. The van der Waals surface area contributed by atoms with Crippen molar-refractivity contribution >= 4 is 35.1 Å². The SMILES string of the molecule is CNc1ncc(C(=O)NCC2(C)CCCS2)cc1Cl. The molecule has 1 aliphatic rings. The van der Waals surface area contributed by atoms with Crippen molar-refractivity contribution in [3.05, 3.63) is 22.8 Å². The van der Waals surface area contributed by atoms with E-state index in [-0.39, 0.29) is 10.7 Å². The van der Waals surface area contributed by atoms with Gasteiger partial charge in [-0.1, -0.05) is 11.6 Å². The van der Waals surface area contributed by atoms with Gasteiger partial charge in [0.2, 0.25) is 0 Å². The highest BCUT2D eigenvalue weighted by Gasteiger charge is 2.29. The number of hydrogen-bond acceptors (Lipinski definition) is 4. The third-order valence-electron chi connectivity index (χ3n) is 3.26. The maximum Gasteiger partial charge on any atom is 0.252 e. The van der Waals surface area contributed by atoms with Crippen molar-refractivity contribution in [3.8, 4) is 0 Å². The smallest absolute Gasteiger partial charge is 0.252 e.